The van der Waals surface area contributed by atoms with Crippen LogP contribution in [-0.4, -0.2) is 5.11 Å². The minimum absolute atomic E-state index is 0.189. The molecule has 3 nitrogen and oxygen atoms in total. The number of hydrogen-bond donors (Lipinski definition) is 1. The second-order valence-corrected chi connectivity index (χ2v) is 3.59. The van der Waals surface area contributed by atoms with Crippen LogP contribution in [0, 0.1) is 18.3 Å². The Bertz CT molecular complexity index is 510. The molecule has 0 aliphatic heterocycles. The van der Waals surface area contributed by atoms with Crippen molar-refractivity contribution in [2.24, 2.45) is 0 Å². The van der Waals surface area contributed by atoms with Gasteiger partial charge in [-0.25, -0.2) is 0 Å². The fraction of sp³-hybridized carbons (Fsp3) is 0.111. The topological polar surface area (TPSA) is 48.1 Å². The minimum atomic E-state index is 0.189. The van der Waals surface area contributed by atoms with Crippen LogP contribution in [-0.2, 0) is 0 Å². The Morgan fingerprint density at radius 3 is 3.00 bits per heavy atom. The average molecular weight is 191 g/mol. The van der Waals surface area contributed by atoms with Crippen molar-refractivity contribution >= 4 is 16.2 Å². The number of aryl methyl sites for hydroxylation is 1. The first-order valence-corrected chi connectivity index (χ1v) is 4.64. The third-order valence-electron chi connectivity index (χ3n) is 1.90. The summed E-state index contributed by atoms with van der Waals surface area (Å²) in [5.41, 5.74) is 1.52. The number of fused-ring (bicyclic) bond motifs is 1. The van der Waals surface area contributed by atoms with E-state index in [2.05, 4.69) is 6.07 Å². The van der Waals surface area contributed by atoms with Crippen LogP contribution >= 0.6 is 11.3 Å². The fourth-order valence-corrected chi connectivity index (χ4v) is 2.18. The van der Waals surface area contributed by atoms with Crippen LogP contribution < -0.4 is 4.40 Å². The maximum absolute atomic E-state index is 9.48. The first-order valence-electron chi connectivity index (χ1n) is 3.76. The highest BCUT2D eigenvalue weighted by molar-refractivity contribution is 7.15. The molecule has 2 rings (SSSR count). The summed E-state index contributed by atoms with van der Waals surface area (Å²) in [5.74, 6) is 0.189. The predicted octanol–water partition coefficient (Wildman–Crippen LogP) is 1.37. The summed E-state index contributed by atoms with van der Waals surface area (Å²) in [4.78, 5) is 0.792. The Balaban J connectivity index is 2.97. The van der Waals surface area contributed by atoms with Crippen molar-refractivity contribution in [1.29, 1.82) is 5.26 Å². The summed E-state index contributed by atoms with van der Waals surface area (Å²) < 4.78 is 1.67. The second-order valence-electron chi connectivity index (χ2n) is 2.73. The molecular formula is C9H7N2OS+. The van der Waals surface area contributed by atoms with E-state index in [0.717, 1.165) is 10.5 Å². The van der Waals surface area contributed by atoms with Gasteiger partial charge in [-0.15, -0.1) is 4.40 Å². The lowest BCUT2D eigenvalue weighted by Crippen LogP contribution is -2.23. The van der Waals surface area contributed by atoms with E-state index < -0.39 is 0 Å². The molecule has 0 aromatic carbocycles. The van der Waals surface area contributed by atoms with Crippen LogP contribution in [0.3, 0.4) is 0 Å². The van der Waals surface area contributed by atoms with Crippen molar-refractivity contribution in [3.05, 3.63) is 28.8 Å². The lowest BCUT2D eigenvalue weighted by atomic mass is 10.3. The van der Waals surface area contributed by atoms with E-state index in [-0.39, 0.29) is 5.88 Å². The third-order valence-corrected chi connectivity index (χ3v) is 2.86. The van der Waals surface area contributed by atoms with Gasteiger partial charge in [0.2, 0.25) is 0 Å². The number of aromatic hydroxyl groups is 1. The lowest BCUT2D eigenvalue weighted by molar-refractivity contribution is -0.525. The maximum atomic E-state index is 9.48. The quantitative estimate of drug-likeness (QED) is 0.639. The average Bonchev–Trinajstić information content (AvgIpc) is 2.50. The number of thiazole rings is 1. The molecule has 0 aliphatic carbocycles. The summed E-state index contributed by atoms with van der Waals surface area (Å²) >= 11 is 1.37. The predicted molar refractivity (Wildman–Crippen MR) is 48.6 cm³/mol. The summed E-state index contributed by atoms with van der Waals surface area (Å²) in [5, 5.41) is 19.9. The van der Waals surface area contributed by atoms with Gasteiger partial charge in [-0.2, -0.15) is 5.26 Å². The summed E-state index contributed by atoms with van der Waals surface area (Å²) in [7, 11) is 0. The molecule has 2 heterocycles. The summed E-state index contributed by atoms with van der Waals surface area (Å²) in [6, 6.07) is 5.67. The van der Waals surface area contributed by atoms with Crippen LogP contribution in [0.2, 0.25) is 0 Å². The lowest BCUT2D eigenvalue weighted by Gasteiger charge is -1.90. The Labute approximate surface area is 79.1 Å². The second kappa shape index (κ2) is 2.71. The van der Waals surface area contributed by atoms with Gasteiger partial charge in [0.25, 0.3) is 4.83 Å². The highest BCUT2D eigenvalue weighted by Crippen LogP contribution is 2.18. The van der Waals surface area contributed by atoms with E-state index in [1.165, 1.54) is 11.3 Å². The van der Waals surface area contributed by atoms with Gasteiger partial charge in [-0.05, 0) is 6.07 Å². The van der Waals surface area contributed by atoms with E-state index in [1.54, 1.807) is 15.8 Å². The third kappa shape index (κ3) is 1.05. The van der Waals surface area contributed by atoms with Crippen molar-refractivity contribution in [2.75, 3.05) is 0 Å². The summed E-state index contributed by atoms with van der Waals surface area (Å²) in [6.45, 7) is 1.89. The minimum Gasteiger partial charge on any atom is -0.459 e. The molecule has 13 heavy (non-hydrogen) atoms. The monoisotopic (exact) mass is 191 g/mol. The van der Waals surface area contributed by atoms with Gasteiger partial charge in [0, 0.05) is 13.0 Å². The molecule has 0 spiro atoms. The van der Waals surface area contributed by atoms with Crippen LogP contribution in [0.25, 0.3) is 4.83 Å². The molecule has 1 N–H and O–H groups in total. The normalized spacial score (nSPS) is 10.2. The van der Waals surface area contributed by atoms with Crippen LogP contribution in [0.5, 0.6) is 5.88 Å². The molecule has 0 radical (unpaired) electrons. The Hall–Kier alpha value is -1.60. The number of aromatic nitrogens is 1. The number of nitriles is 1. The fourth-order valence-electron chi connectivity index (χ4n) is 1.28. The molecule has 0 bridgehead atoms. The van der Waals surface area contributed by atoms with Gasteiger partial charge < -0.3 is 5.11 Å². The molecule has 0 saturated carbocycles. The molecule has 0 aliphatic rings. The van der Waals surface area contributed by atoms with Crippen molar-refractivity contribution in [1.82, 2.24) is 0 Å². The first-order chi connectivity index (χ1) is 6.24. The number of nitrogens with zero attached hydrogens (tertiary/aromatic N) is 2. The van der Waals surface area contributed by atoms with E-state index in [0.29, 0.717) is 5.56 Å². The zero-order chi connectivity index (χ0) is 9.42. The highest BCUT2D eigenvalue weighted by Gasteiger charge is 2.18. The highest BCUT2D eigenvalue weighted by atomic mass is 32.1. The van der Waals surface area contributed by atoms with Gasteiger partial charge in [0.15, 0.2) is 5.69 Å². The van der Waals surface area contributed by atoms with Gasteiger partial charge in [0.05, 0.1) is 0 Å². The molecule has 2 aromatic heterocycles. The Kier molecular flexibility index (Phi) is 1.67. The van der Waals surface area contributed by atoms with E-state index >= 15 is 0 Å². The summed E-state index contributed by atoms with van der Waals surface area (Å²) in [6.07, 6.45) is 0. The van der Waals surface area contributed by atoms with Gasteiger partial charge in [-0.1, -0.05) is 11.3 Å². The Morgan fingerprint density at radius 2 is 2.31 bits per heavy atom. The smallest absolute Gasteiger partial charge is 0.382 e. The van der Waals surface area contributed by atoms with Crippen LogP contribution in [0.15, 0.2) is 17.5 Å². The number of rotatable bonds is 0. The molecule has 0 fully saturated rings. The SMILES string of the molecule is Cc1ccc(C#N)c2scc(O)[n+]12. The van der Waals surface area contributed by atoms with E-state index in [1.807, 2.05) is 13.0 Å². The zero-order valence-electron chi connectivity index (χ0n) is 6.98. The first kappa shape index (κ1) is 8.02. The van der Waals surface area contributed by atoms with Crippen LogP contribution in [0.1, 0.15) is 11.3 Å². The molecule has 64 valence electrons. The number of hydrogen-bond acceptors (Lipinski definition) is 3. The number of pyridine rings is 1. The van der Waals surface area contributed by atoms with Crippen molar-refractivity contribution in [3.8, 4) is 11.9 Å². The molecule has 0 atom stereocenters. The zero-order valence-corrected chi connectivity index (χ0v) is 7.80. The largest absolute Gasteiger partial charge is 0.459 e. The molecular weight excluding hydrogens is 184 g/mol. The van der Waals surface area contributed by atoms with Gasteiger partial charge in [-0.3, -0.25) is 0 Å². The van der Waals surface area contributed by atoms with Gasteiger partial charge >= 0.3 is 5.88 Å². The molecule has 4 heteroatoms. The molecule has 0 saturated heterocycles. The maximum Gasteiger partial charge on any atom is 0.382 e. The molecule has 0 amide bonds. The van der Waals surface area contributed by atoms with E-state index in [4.69, 9.17) is 5.26 Å². The molecule has 2 aromatic rings. The Morgan fingerprint density at radius 1 is 1.54 bits per heavy atom. The van der Waals surface area contributed by atoms with Crippen molar-refractivity contribution < 1.29 is 9.51 Å². The standard InChI is InChI=1S/C9H6N2OS/c1-6-2-3-7(4-10)9-11(6)8(12)5-13-9/h2-3,5H,1H3/p+1. The van der Waals surface area contributed by atoms with Crippen molar-refractivity contribution in [2.45, 2.75) is 6.92 Å². The van der Waals surface area contributed by atoms with Crippen LogP contribution in [0.4, 0.5) is 0 Å². The van der Waals surface area contributed by atoms with Crippen molar-refractivity contribution in [3.63, 3.8) is 0 Å². The molecule has 0 unspecified atom stereocenters. The van der Waals surface area contributed by atoms with Gasteiger partial charge in [0.1, 0.15) is 17.0 Å². The van der Waals surface area contributed by atoms with E-state index in [9.17, 15) is 5.11 Å².